The van der Waals surface area contributed by atoms with Gasteiger partial charge in [0.1, 0.15) is 5.54 Å². The largest absolute Gasteiger partial charge is 0.351 e. The molecule has 30 heavy (non-hydrogen) atoms. The lowest BCUT2D eigenvalue weighted by atomic mass is 9.86. The molecule has 5 rings (SSSR count). The van der Waals surface area contributed by atoms with Crippen molar-refractivity contribution in [2.75, 3.05) is 39.4 Å². The van der Waals surface area contributed by atoms with Crippen LogP contribution < -0.4 is 10.6 Å². The quantitative estimate of drug-likeness (QED) is 0.772. The van der Waals surface area contributed by atoms with Gasteiger partial charge >= 0.3 is 0 Å². The van der Waals surface area contributed by atoms with Crippen molar-refractivity contribution in [3.63, 3.8) is 0 Å². The predicted molar refractivity (Wildman–Crippen MR) is 117 cm³/mol. The zero-order chi connectivity index (χ0) is 20.6. The fourth-order valence-corrected chi connectivity index (χ4v) is 4.93. The molecule has 2 amide bonds. The first-order valence-electron chi connectivity index (χ1n) is 11.2. The van der Waals surface area contributed by atoms with Crippen LogP contribution >= 0.6 is 0 Å². The van der Waals surface area contributed by atoms with Crippen molar-refractivity contribution in [1.29, 1.82) is 0 Å². The number of nitrogens with one attached hydrogen (secondary N) is 2. The monoisotopic (exact) mass is 406 g/mol. The number of likely N-dealkylation sites (tertiary alicyclic amines) is 1. The summed E-state index contributed by atoms with van der Waals surface area (Å²) in [5.41, 5.74) is 0.401. The summed E-state index contributed by atoms with van der Waals surface area (Å²) in [6.45, 7) is 5.01. The van der Waals surface area contributed by atoms with E-state index in [9.17, 15) is 9.59 Å². The Balaban J connectivity index is 1.11. The third-order valence-corrected chi connectivity index (χ3v) is 7.04. The molecule has 0 aromatic heterocycles. The van der Waals surface area contributed by atoms with Gasteiger partial charge in [0, 0.05) is 38.3 Å². The molecule has 0 radical (unpaired) electrons. The number of amides is 2. The Morgan fingerprint density at radius 1 is 1.10 bits per heavy atom. The third kappa shape index (κ3) is 3.82. The van der Waals surface area contributed by atoms with Crippen LogP contribution in [0.4, 0.5) is 0 Å². The Labute approximate surface area is 177 Å². The maximum Gasteiger partial charge on any atom is 0.251 e. The van der Waals surface area contributed by atoms with E-state index in [1.165, 1.54) is 12.8 Å². The number of carbonyl (C=O) groups excluding carboxylic acids is 2. The summed E-state index contributed by atoms with van der Waals surface area (Å²) in [5.74, 6) is 0.977. The van der Waals surface area contributed by atoms with Gasteiger partial charge in [-0.3, -0.25) is 14.5 Å². The topological polar surface area (TPSA) is 64.7 Å². The lowest BCUT2D eigenvalue weighted by molar-refractivity contribution is -0.129. The number of rotatable bonds is 6. The highest BCUT2D eigenvalue weighted by Gasteiger charge is 2.50. The van der Waals surface area contributed by atoms with E-state index in [0.717, 1.165) is 55.7 Å². The van der Waals surface area contributed by atoms with Crippen LogP contribution in [0.1, 0.15) is 36.0 Å². The maximum absolute atomic E-state index is 12.6. The van der Waals surface area contributed by atoms with Crippen molar-refractivity contribution in [2.24, 2.45) is 5.92 Å². The lowest BCUT2D eigenvalue weighted by Gasteiger charge is -2.42. The molecular formula is C24H30N4O2. The summed E-state index contributed by atoms with van der Waals surface area (Å²) < 4.78 is 0. The van der Waals surface area contributed by atoms with E-state index in [4.69, 9.17) is 0 Å². The van der Waals surface area contributed by atoms with Crippen LogP contribution in [0.2, 0.25) is 0 Å². The molecule has 2 N–H and O–H groups in total. The van der Waals surface area contributed by atoms with E-state index in [2.05, 4.69) is 26.5 Å². The highest BCUT2D eigenvalue weighted by atomic mass is 16.2. The van der Waals surface area contributed by atoms with Crippen LogP contribution in [0.3, 0.4) is 0 Å². The van der Waals surface area contributed by atoms with Gasteiger partial charge in [0.25, 0.3) is 5.91 Å². The second-order valence-electron chi connectivity index (χ2n) is 9.02. The SMILES string of the molecule is O=C(NCCN1CCC2(CC1)C(=O)NCN2CC1CC1)c1ccc2ccccc2c1. The third-order valence-electron chi connectivity index (χ3n) is 7.04. The van der Waals surface area contributed by atoms with Crippen molar-refractivity contribution < 1.29 is 9.59 Å². The van der Waals surface area contributed by atoms with Gasteiger partial charge in [-0.05, 0) is 54.5 Å². The van der Waals surface area contributed by atoms with Gasteiger partial charge in [-0.2, -0.15) is 0 Å². The first kappa shape index (κ1) is 19.5. The lowest BCUT2D eigenvalue weighted by Crippen LogP contribution is -2.57. The molecule has 158 valence electrons. The Bertz CT molecular complexity index is 947. The molecule has 0 bridgehead atoms. The summed E-state index contributed by atoms with van der Waals surface area (Å²) in [6, 6.07) is 13.9. The van der Waals surface area contributed by atoms with Crippen LogP contribution in [-0.2, 0) is 4.79 Å². The minimum Gasteiger partial charge on any atom is -0.351 e. The van der Waals surface area contributed by atoms with Crippen molar-refractivity contribution in [2.45, 2.75) is 31.2 Å². The molecule has 6 nitrogen and oxygen atoms in total. The van der Waals surface area contributed by atoms with Crippen molar-refractivity contribution >= 4 is 22.6 Å². The van der Waals surface area contributed by atoms with E-state index in [1.807, 2.05) is 36.4 Å². The number of piperidine rings is 1. The van der Waals surface area contributed by atoms with Gasteiger partial charge in [0.2, 0.25) is 5.91 Å². The Hall–Kier alpha value is -2.44. The summed E-state index contributed by atoms with van der Waals surface area (Å²) >= 11 is 0. The Morgan fingerprint density at radius 3 is 2.63 bits per heavy atom. The molecule has 6 heteroatoms. The average molecular weight is 407 g/mol. The number of fused-ring (bicyclic) bond motifs is 1. The Kier molecular flexibility index (Phi) is 5.21. The second kappa shape index (κ2) is 8.00. The summed E-state index contributed by atoms with van der Waals surface area (Å²) in [7, 11) is 0. The molecule has 2 aromatic carbocycles. The zero-order valence-electron chi connectivity index (χ0n) is 17.4. The molecule has 1 spiro atoms. The van der Waals surface area contributed by atoms with E-state index in [0.29, 0.717) is 18.8 Å². The fourth-order valence-electron chi connectivity index (χ4n) is 4.93. The van der Waals surface area contributed by atoms with Gasteiger partial charge in [-0.25, -0.2) is 0 Å². The van der Waals surface area contributed by atoms with Gasteiger partial charge in [0.05, 0.1) is 6.67 Å². The molecular weight excluding hydrogens is 376 g/mol. The van der Waals surface area contributed by atoms with Crippen molar-refractivity contribution in [3.8, 4) is 0 Å². The van der Waals surface area contributed by atoms with Gasteiger partial charge in [0.15, 0.2) is 0 Å². The second-order valence-corrected chi connectivity index (χ2v) is 9.02. The van der Waals surface area contributed by atoms with E-state index in [-0.39, 0.29) is 17.4 Å². The van der Waals surface area contributed by atoms with Gasteiger partial charge in [-0.15, -0.1) is 0 Å². The standard InChI is InChI=1S/C24H30N4O2/c29-22(21-8-7-19-3-1-2-4-20(19)15-21)25-11-14-27-12-9-24(10-13-27)23(30)26-17-28(24)16-18-5-6-18/h1-4,7-8,15,18H,5-6,9-14,16-17H2,(H,25,29)(H,26,30). The number of nitrogens with zero attached hydrogens (tertiary/aromatic N) is 2. The molecule has 2 aromatic rings. The highest BCUT2D eigenvalue weighted by Crippen LogP contribution is 2.37. The predicted octanol–water partition coefficient (Wildman–Crippen LogP) is 2.20. The number of hydrogen-bond acceptors (Lipinski definition) is 4. The number of hydrogen-bond donors (Lipinski definition) is 2. The maximum atomic E-state index is 12.6. The summed E-state index contributed by atoms with van der Waals surface area (Å²) in [6.07, 6.45) is 4.38. The number of benzene rings is 2. The van der Waals surface area contributed by atoms with Crippen molar-refractivity contribution in [1.82, 2.24) is 20.4 Å². The zero-order valence-corrected chi connectivity index (χ0v) is 17.4. The molecule has 3 fully saturated rings. The van der Waals surface area contributed by atoms with Crippen molar-refractivity contribution in [3.05, 3.63) is 48.0 Å². The van der Waals surface area contributed by atoms with E-state index < -0.39 is 0 Å². The molecule has 2 saturated heterocycles. The van der Waals surface area contributed by atoms with Gasteiger partial charge in [-0.1, -0.05) is 30.3 Å². The highest BCUT2D eigenvalue weighted by molar-refractivity contribution is 5.98. The molecule has 0 unspecified atom stereocenters. The van der Waals surface area contributed by atoms with Crippen LogP contribution in [-0.4, -0.2) is 66.5 Å². The normalized spacial score (nSPS) is 21.8. The smallest absolute Gasteiger partial charge is 0.251 e. The first-order valence-corrected chi connectivity index (χ1v) is 11.2. The molecule has 1 saturated carbocycles. The fraction of sp³-hybridized carbons (Fsp3) is 0.500. The van der Waals surface area contributed by atoms with Crippen LogP contribution in [0.15, 0.2) is 42.5 Å². The van der Waals surface area contributed by atoms with E-state index in [1.54, 1.807) is 0 Å². The van der Waals surface area contributed by atoms with Gasteiger partial charge < -0.3 is 15.5 Å². The van der Waals surface area contributed by atoms with Crippen LogP contribution in [0, 0.1) is 5.92 Å². The summed E-state index contributed by atoms with van der Waals surface area (Å²) in [5, 5.41) is 8.35. The molecule has 0 atom stereocenters. The Morgan fingerprint density at radius 2 is 1.87 bits per heavy atom. The minimum absolute atomic E-state index is 0.0278. The molecule has 2 aliphatic heterocycles. The van der Waals surface area contributed by atoms with Crippen LogP contribution in [0.25, 0.3) is 10.8 Å². The first-order chi connectivity index (χ1) is 14.6. The summed E-state index contributed by atoms with van der Waals surface area (Å²) in [4.78, 5) is 29.9. The number of carbonyl (C=O) groups is 2. The van der Waals surface area contributed by atoms with Crippen LogP contribution in [0.5, 0.6) is 0 Å². The molecule has 2 heterocycles. The average Bonchev–Trinajstić information content (AvgIpc) is 3.55. The molecule has 3 aliphatic rings. The minimum atomic E-state index is -0.298. The molecule has 1 aliphatic carbocycles. The van der Waals surface area contributed by atoms with E-state index >= 15 is 0 Å².